The summed E-state index contributed by atoms with van der Waals surface area (Å²) in [6.07, 6.45) is 1.59. The van der Waals surface area contributed by atoms with Crippen molar-refractivity contribution in [1.29, 1.82) is 0 Å². The Morgan fingerprint density at radius 3 is 1.94 bits per heavy atom. The zero-order chi connectivity index (χ0) is 13.1. The van der Waals surface area contributed by atoms with Gasteiger partial charge in [0.2, 0.25) is 0 Å². The molecule has 0 spiro atoms. The van der Waals surface area contributed by atoms with Crippen LogP contribution in [-0.4, -0.2) is 22.9 Å². The maximum atomic E-state index is 10.6. The quantitative estimate of drug-likeness (QED) is 0.456. The number of hydrogen-bond donors (Lipinski definition) is 1. The highest BCUT2D eigenvalue weighted by molar-refractivity contribution is 6.50. The summed E-state index contributed by atoms with van der Waals surface area (Å²) >= 11 is 0. The number of carboxylic acids is 1. The molecule has 9 heteroatoms. The van der Waals surface area contributed by atoms with E-state index in [4.69, 9.17) is 5.11 Å². The van der Waals surface area contributed by atoms with Crippen LogP contribution in [0.5, 0.6) is 0 Å². The first-order valence-electron chi connectivity index (χ1n) is 4.16. The van der Waals surface area contributed by atoms with Gasteiger partial charge in [0.1, 0.15) is 6.20 Å². The van der Waals surface area contributed by atoms with Gasteiger partial charge >= 0.3 is 13.2 Å². The highest BCUT2D eigenvalue weighted by Gasteiger charge is 2.20. The first-order chi connectivity index (χ1) is 7.04. The van der Waals surface area contributed by atoms with E-state index in [1.807, 2.05) is 14.0 Å². The van der Waals surface area contributed by atoms with E-state index in [9.17, 15) is 22.1 Å². The standard InChI is InChI=1S/C7H10N2O2.BF4/c1-5-8(2)4-6(7(10)11)9(5)3;2-1(3,4)5/h4H,1-3H3;/q;-1/p+1. The molecule has 16 heavy (non-hydrogen) atoms. The van der Waals surface area contributed by atoms with E-state index in [2.05, 4.69) is 0 Å². The van der Waals surface area contributed by atoms with Gasteiger partial charge in [-0.15, -0.1) is 0 Å². The van der Waals surface area contributed by atoms with Gasteiger partial charge in [-0.2, -0.15) is 0 Å². The summed E-state index contributed by atoms with van der Waals surface area (Å²) < 4.78 is 42.4. The number of halogens is 4. The summed E-state index contributed by atoms with van der Waals surface area (Å²) in [5, 5.41) is 8.67. The number of aromatic carboxylic acids is 1. The number of aromatic nitrogens is 2. The molecule has 0 saturated carbocycles. The van der Waals surface area contributed by atoms with Crippen molar-refractivity contribution in [3.05, 3.63) is 17.7 Å². The third-order valence-corrected chi connectivity index (χ3v) is 1.89. The molecule has 0 saturated heterocycles. The lowest BCUT2D eigenvalue weighted by Crippen LogP contribution is -2.29. The van der Waals surface area contributed by atoms with Gasteiger partial charge in [-0.1, -0.05) is 0 Å². The van der Waals surface area contributed by atoms with Crippen molar-refractivity contribution < 1.29 is 31.7 Å². The summed E-state index contributed by atoms with van der Waals surface area (Å²) in [5.74, 6) is 0.0265. The van der Waals surface area contributed by atoms with E-state index in [0.717, 1.165) is 5.82 Å². The molecule has 0 aliphatic rings. The van der Waals surface area contributed by atoms with Crippen molar-refractivity contribution in [3.63, 3.8) is 0 Å². The number of carboxylic acid groups (broad SMARTS) is 1. The predicted molar refractivity (Wildman–Crippen MR) is 48.5 cm³/mol. The first-order valence-corrected chi connectivity index (χ1v) is 4.16. The van der Waals surface area contributed by atoms with Crippen LogP contribution in [0.3, 0.4) is 0 Å². The molecule has 92 valence electrons. The molecule has 1 rings (SSSR count). The van der Waals surface area contributed by atoms with Crippen molar-refractivity contribution in [1.82, 2.24) is 4.57 Å². The maximum Gasteiger partial charge on any atom is 0.673 e. The van der Waals surface area contributed by atoms with Crippen LogP contribution in [0, 0.1) is 6.92 Å². The monoisotopic (exact) mass is 242 g/mol. The smallest absolute Gasteiger partial charge is 0.475 e. The van der Waals surface area contributed by atoms with E-state index < -0.39 is 13.2 Å². The third kappa shape index (κ3) is 4.81. The Morgan fingerprint density at radius 2 is 1.81 bits per heavy atom. The van der Waals surface area contributed by atoms with E-state index in [1.165, 1.54) is 0 Å². The molecule has 1 aromatic rings. The Morgan fingerprint density at radius 1 is 1.44 bits per heavy atom. The lowest BCUT2D eigenvalue weighted by Gasteiger charge is -1.94. The molecule has 1 aromatic heterocycles. The Bertz CT molecular complexity index is 382. The zero-order valence-electron chi connectivity index (χ0n) is 8.92. The fourth-order valence-corrected chi connectivity index (χ4v) is 0.973. The molecule has 1 N–H and O–H groups in total. The molecular weight excluding hydrogens is 231 g/mol. The molecule has 0 unspecified atom stereocenters. The number of carbonyl (C=O) groups is 1. The molecule has 0 bridgehead atoms. The molecule has 0 fully saturated rings. The van der Waals surface area contributed by atoms with E-state index >= 15 is 0 Å². The number of hydrogen-bond acceptors (Lipinski definition) is 1. The first kappa shape index (κ1) is 14.5. The van der Waals surface area contributed by atoms with Crippen LogP contribution in [-0.2, 0) is 14.1 Å². The van der Waals surface area contributed by atoms with Crippen LogP contribution in [0.2, 0.25) is 0 Å². The van der Waals surface area contributed by atoms with Gasteiger partial charge in [0, 0.05) is 6.92 Å². The van der Waals surface area contributed by atoms with Crippen LogP contribution < -0.4 is 4.57 Å². The minimum Gasteiger partial charge on any atom is -0.475 e. The van der Waals surface area contributed by atoms with Gasteiger partial charge in [-0.3, -0.25) is 0 Å². The zero-order valence-corrected chi connectivity index (χ0v) is 8.92. The number of nitrogens with zero attached hydrogens (tertiary/aromatic N) is 2. The van der Waals surface area contributed by atoms with Gasteiger partial charge in [0.25, 0.3) is 11.5 Å². The summed E-state index contributed by atoms with van der Waals surface area (Å²) in [6.45, 7) is 1.87. The van der Waals surface area contributed by atoms with Crippen molar-refractivity contribution in [3.8, 4) is 0 Å². The molecule has 0 aromatic carbocycles. The van der Waals surface area contributed by atoms with Crippen molar-refractivity contribution in [2.75, 3.05) is 0 Å². The number of aryl methyl sites for hydroxylation is 1. The maximum absolute atomic E-state index is 10.6. The summed E-state index contributed by atoms with van der Waals surface area (Å²) in [5.41, 5.74) is 0.310. The van der Waals surface area contributed by atoms with E-state index in [0.29, 0.717) is 5.69 Å². The second-order valence-corrected chi connectivity index (χ2v) is 3.03. The Balaban J connectivity index is 0.000000385. The fraction of sp³-hybridized carbons (Fsp3) is 0.429. The van der Waals surface area contributed by atoms with Gasteiger partial charge in [-0.05, 0) is 0 Å². The minimum absolute atomic E-state index is 0.310. The average Bonchev–Trinajstić information content (AvgIpc) is 2.30. The molecule has 0 radical (unpaired) electrons. The second-order valence-electron chi connectivity index (χ2n) is 3.03. The van der Waals surface area contributed by atoms with Gasteiger partial charge in [0.05, 0.1) is 14.1 Å². The van der Waals surface area contributed by atoms with Crippen molar-refractivity contribution in [2.45, 2.75) is 6.92 Å². The summed E-state index contributed by atoms with van der Waals surface area (Å²) in [6, 6.07) is 0. The Hall–Kier alpha value is -1.54. The molecular formula is C7H11BF4N2O2. The normalized spacial score (nSPS) is 10.7. The summed E-state index contributed by atoms with van der Waals surface area (Å²) in [4.78, 5) is 10.6. The lowest BCUT2D eigenvalue weighted by atomic mass is 10.3. The van der Waals surface area contributed by atoms with Gasteiger partial charge in [-0.25, -0.2) is 13.9 Å². The van der Waals surface area contributed by atoms with Crippen LogP contribution in [0.15, 0.2) is 6.20 Å². The van der Waals surface area contributed by atoms with Gasteiger partial charge < -0.3 is 22.4 Å². The van der Waals surface area contributed by atoms with E-state index in [-0.39, 0.29) is 0 Å². The minimum atomic E-state index is -6.00. The molecule has 1 heterocycles. The van der Waals surface area contributed by atoms with Crippen LogP contribution in [0.4, 0.5) is 17.3 Å². The fourth-order valence-electron chi connectivity index (χ4n) is 0.973. The van der Waals surface area contributed by atoms with E-state index in [1.54, 1.807) is 22.4 Å². The van der Waals surface area contributed by atoms with Crippen LogP contribution in [0.1, 0.15) is 16.3 Å². The average molecular weight is 242 g/mol. The number of rotatable bonds is 1. The predicted octanol–water partition coefficient (Wildman–Crippen LogP) is 1.16. The molecule has 0 aliphatic heterocycles. The lowest BCUT2D eigenvalue weighted by molar-refractivity contribution is -0.677. The molecule has 4 nitrogen and oxygen atoms in total. The molecule has 0 atom stereocenters. The summed E-state index contributed by atoms with van der Waals surface area (Å²) in [7, 11) is -2.44. The Kier molecular flexibility index (Phi) is 4.52. The second kappa shape index (κ2) is 5.00. The molecule has 0 amide bonds. The Labute approximate surface area is 89.2 Å². The highest BCUT2D eigenvalue weighted by atomic mass is 19.5. The van der Waals surface area contributed by atoms with Crippen LogP contribution in [0.25, 0.3) is 0 Å². The van der Waals surface area contributed by atoms with Crippen LogP contribution >= 0.6 is 0 Å². The third-order valence-electron chi connectivity index (χ3n) is 1.89. The topological polar surface area (TPSA) is 46.1 Å². The van der Waals surface area contributed by atoms with Crippen molar-refractivity contribution in [2.24, 2.45) is 14.1 Å². The highest BCUT2D eigenvalue weighted by Crippen LogP contribution is 2.06. The molecule has 0 aliphatic carbocycles. The van der Waals surface area contributed by atoms with Crippen molar-refractivity contribution >= 4 is 13.2 Å². The largest absolute Gasteiger partial charge is 0.673 e. The van der Waals surface area contributed by atoms with Gasteiger partial charge in [0.15, 0.2) is 0 Å². The SMILES string of the molecule is Cc1n(C)c(C(=O)O)c[n+]1C.F[B-](F)(F)F. The number of imidazole rings is 1.